The van der Waals surface area contributed by atoms with Crippen molar-refractivity contribution in [3.05, 3.63) is 58.9 Å². The van der Waals surface area contributed by atoms with Crippen LogP contribution in [-0.2, 0) is 17.5 Å². The minimum Gasteiger partial charge on any atom is -0.496 e. The highest BCUT2D eigenvalue weighted by Crippen LogP contribution is 2.47. The number of rotatable bonds is 7. The number of ether oxygens (including phenoxy) is 1. The lowest BCUT2D eigenvalue weighted by atomic mass is 9.73. The van der Waals surface area contributed by atoms with Crippen LogP contribution in [-0.4, -0.2) is 48.6 Å². The molecule has 2 N–H and O–H groups in total. The van der Waals surface area contributed by atoms with Gasteiger partial charge in [0.05, 0.1) is 29.8 Å². The predicted octanol–water partition coefficient (Wildman–Crippen LogP) is 4.88. The Balaban J connectivity index is 1.51. The van der Waals surface area contributed by atoms with Crippen LogP contribution < -0.4 is 15.4 Å². The molecule has 1 amide bonds. The summed E-state index contributed by atoms with van der Waals surface area (Å²) in [6.45, 7) is 8.26. The Morgan fingerprint density at radius 2 is 2.08 bits per heavy atom. The highest BCUT2D eigenvalue weighted by atomic mass is 19.4. The Kier molecular flexibility index (Phi) is 8.14. The number of nitrogens with zero attached hydrogens (tertiary/aromatic N) is 2. The van der Waals surface area contributed by atoms with E-state index >= 15 is 0 Å². The van der Waals surface area contributed by atoms with E-state index in [9.17, 15) is 18.0 Å². The van der Waals surface area contributed by atoms with Gasteiger partial charge in [0.25, 0.3) is 0 Å². The van der Waals surface area contributed by atoms with E-state index in [-0.39, 0.29) is 23.6 Å². The van der Waals surface area contributed by atoms with E-state index in [2.05, 4.69) is 35.5 Å². The minimum atomic E-state index is -4.46. The van der Waals surface area contributed by atoms with Crippen LogP contribution in [0, 0.1) is 18.3 Å². The Morgan fingerprint density at radius 3 is 2.78 bits per heavy atom. The van der Waals surface area contributed by atoms with Crippen molar-refractivity contribution in [3.8, 4) is 5.75 Å². The van der Waals surface area contributed by atoms with Crippen LogP contribution in [0.5, 0.6) is 5.75 Å². The Morgan fingerprint density at radius 1 is 1.30 bits per heavy atom. The quantitative estimate of drug-likeness (QED) is 0.547. The largest absolute Gasteiger partial charge is 0.496 e. The summed E-state index contributed by atoms with van der Waals surface area (Å²) in [7, 11) is 1.66. The molecule has 0 bridgehead atoms. The van der Waals surface area contributed by atoms with Gasteiger partial charge in [-0.3, -0.25) is 9.78 Å². The first-order valence-electron chi connectivity index (χ1n) is 13.0. The van der Waals surface area contributed by atoms with Gasteiger partial charge in [0, 0.05) is 38.4 Å². The Bertz CT molecular complexity index is 1110. The third-order valence-electron chi connectivity index (χ3n) is 8.10. The molecule has 1 saturated carbocycles. The Hall–Kier alpha value is -2.65. The molecule has 4 rings (SSSR count). The highest BCUT2D eigenvalue weighted by Gasteiger charge is 2.50. The maximum Gasteiger partial charge on any atom is 0.416 e. The first-order valence-corrected chi connectivity index (χ1v) is 13.0. The smallest absolute Gasteiger partial charge is 0.416 e. The van der Waals surface area contributed by atoms with Gasteiger partial charge >= 0.3 is 6.18 Å². The lowest BCUT2D eigenvalue weighted by molar-refractivity contribution is -0.148. The molecule has 1 unspecified atom stereocenters. The van der Waals surface area contributed by atoms with Crippen LogP contribution in [0.4, 0.5) is 13.2 Å². The van der Waals surface area contributed by atoms with Crippen molar-refractivity contribution in [2.24, 2.45) is 11.3 Å². The molecule has 2 heterocycles. The number of alkyl halides is 3. The summed E-state index contributed by atoms with van der Waals surface area (Å²) in [5.74, 6) is 0.969. The molecule has 2 aromatic rings. The molecule has 2 fully saturated rings. The van der Waals surface area contributed by atoms with Crippen molar-refractivity contribution in [1.29, 1.82) is 0 Å². The molecule has 37 heavy (non-hydrogen) atoms. The second kappa shape index (κ2) is 11.0. The number of methoxy groups -OCH3 is 1. The number of hydrogen-bond donors (Lipinski definition) is 2. The number of aryl methyl sites for hydroxylation is 1. The van der Waals surface area contributed by atoms with E-state index in [1.165, 1.54) is 6.20 Å². The summed E-state index contributed by atoms with van der Waals surface area (Å²) >= 11 is 0. The van der Waals surface area contributed by atoms with Gasteiger partial charge in [0.1, 0.15) is 5.75 Å². The van der Waals surface area contributed by atoms with E-state index in [0.717, 1.165) is 41.9 Å². The van der Waals surface area contributed by atoms with Crippen molar-refractivity contribution < 1.29 is 22.7 Å². The summed E-state index contributed by atoms with van der Waals surface area (Å²) in [6.07, 6.45) is -0.974. The van der Waals surface area contributed by atoms with Gasteiger partial charge in [-0.05, 0) is 61.4 Å². The number of carbonyl (C=O) groups excluding carboxylic acids is 1. The molecule has 1 aromatic heterocycles. The number of aromatic nitrogens is 1. The van der Waals surface area contributed by atoms with Gasteiger partial charge < -0.3 is 20.3 Å². The third-order valence-corrected chi connectivity index (χ3v) is 8.10. The fourth-order valence-electron chi connectivity index (χ4n) is 5.76. The maximum atomic E-state index is 14.2. The molecular weight excluding hydrogens is 481 g/mol. The average Bonchev–Trinajstić information content (AvgIpc) is 3.33. The van der Waals surface area contributed by atoms with Crippen LogP contribution in [0.3, 0.4) is 0 Å². The fraction of sp³-hybridized carbons (Fsp3) is 0.571. The number of benzene rings is 1. The molecule has 6 nitrogen and oxygen atoms in total. The van der Waals surface area contributed by atoms with E-state index < -0.39 is 23.2 Å². The van der Waals surface area contributed by atoms with Gasteiger partial charge in [-0.1, -0.05) is 26.0 Å². The first kappa shape index (κ1) is 27.4. The highest BCUT2D eigenvalue weighted by molar-refractivity contribution is 5.84. The zero-order valence-electron chi connectivity index (χ0n) is 22.0. The van der Waals surface area contributed by atoms with Crippen LogP contribution in [0.1, 0.15) is 61.5 Å². The van der Waals surface area contributed by atoms with Crippen LogP contribution in [0.15, 0.2) is 36.5 Å². The number of piperazine rings is 1. The SMILES string of the molecule is COc1cc(CN[C@@H]2CC[C@@](C(=O)N3CCNCC3c3cc(C(F)(F)F)ccn3)(C(C)C)C2)ccc1C. The van der Waals surface area contributed by atoms with E-state index in [0.29, 0.717) is 32.6 Å². The predicted molar refractivity (Wildman–Crippen MR) is 136 cm³/mol. The lowest BCUT2D eigenvalue weighted by Gasteiger charge is -2.43. The third kappa shape index (κ3) is 5.77. The van der Waals surface area contributed by atoms with Gasteiger partial charge in [-0.2, -0.15) is 13.2 Å². The van der Waals surface area contributed by atoms with E-state index in [1.807, 2.05) is 19.1 Å². The molecule has 1 aromatic carbocycles. The zero-order valence-corrected chi connectivity index (χ0v) is 22.0. The van der Waals surface area contributed by atoms with Gasteiger partial charge in [-0.15, -0.1) is 0 Å². The molecule has 202 valence electrons. The number of hydrogen-bond acceptors (Lipinski definition) is 5. The molecule has 1 saturated heterocycles. The van der Waals surface area contributed by atoms with Crippen LogP contribution in [0.2, 0.25) is 0 Å². The van der Waals surface area contributed by atoms with Crippen LogP contribution >= 0.6 is 0 Å². The molecular formula is C28H37F3N4O2. The van der Waals surface area contributed by atoms with Gasteiger partial charge in [0.2, 0.25) is 5.91 Å². The zero-order chi connectivity index (χ0) is 26.8. The van der Waals surface area contributed by atoms with Crippen LogP contribution in [0.25, 0.3) is 0 Å². The molecule has 1 aliphatic heterocycles. The molecule has 2 aliphatic rings. The van der Waals surface area contributed by atoms with Gasteiger partial charge in [-0.25, -0.2) is 0 Å². The Labute approximate surface area is 217 Å². The molecule has 0 radical (unpaired) electrons. The molecule has 1 aliphatic carbocycles. The number of pyridine rings is 1. The van der Waals surface area contributed by atoms with Crippen molar-refractivity contribution in [1.82, 2.24) is 20.5 Å². The molecule has 9 heteroatoms. The van der Waals surface area contributed by atoms with Crippen molar-refractivity contribution in [3.63, 3.8) is 0 Å². The first-order chi connectivity index (χ1) is 17.5. The van der Waals surface area contributed by atoms with E-state index in [1.54, 1.807) is 12.0 Å². The summed E-state index contributed by atoms with van der Waals surface area (Å²) in [5.41, 5.74) is 1.16. The minimum absolute atomic E-state index is 0.0227. The standard InChI is InChI=1S/C28H37F3N4O2/c1-18(2)27(9-7-22(15-27)34-16-20-6-5-19(3)25(13-20)37-4)26(36)35-12-11-32-17-24(35)23-14-21(8-10-33-23)28(29,30)31/h5-6,8,10,13-14,18,22,24,32,34H,7,9,11-12,15-17H2,1-4H3/t22-,24?,27+/m1/s1. The lowest BCUT2D eigenvalue weighted by Crippen LogP contribution is -2.54. The van der Waals surface area contributed by atoms with Gasteiger partial charge in [0.15, 0.2) is 0 Å². The maximum absolute atomic E-state index is 14.2. The number of carbonyl (C=O) groups is 1. The average molecular weight is 519 g/mol. The normalized spacial score (nSPS) is 24.5. The monoisotopic (exact) mass is 518 g/mol. The van der Waals surface area contributed by atoms with Crippen molar-refractivity contribution in [2.75, 3.05) is 26.7 Å². The second-order valence-electron chi connectivity index (χ2n) is 10.6. The number of amides is 1. The molecule has 3 atom stereocenters. The summed E-state index contributed by atoms with van der Waals surface area (Å²) in [5, 5.41) is 6.86. The topological polar surface area (TPSA) is 66.5 Å². The fourth-order valence-corrected chi connectivity index (χ4v) is 5.76. The molecule has 0 spiro atoms. The van der Waals surface area contributed by atoms with Crippen molar-refractivity contribution >= 4 is 5.91 Å². The van der Waals surface area contributed by atoms with E-state index in [4.69, 9.17) is 4.74 Å². The number of halogens is 3. The second-order valence-corrected chi connectivity index (χ2v) is 10.6. The summed E-state index contributed by atoms with van der Waals surface area (Å²) in [6, 6.07) is 7.84. The number of nitrogens with one attached hydrogen (secondary N) is 2. The summed E-state index contributed by atoms with van der Waals surface area (Å²) < 4.78 is 45.5. The van der Waals surface area contributed by atoms with Crippen molar-refractivity contribution in [2.45, 2.75) is 64.8 Å². The summed E-state index contributed by atoms with van der Waals surface area (Å²) in [4.78, 5) is 20.2.